The molecule has 0 spiro atoms. The zero-order valence-corrected chi connectivity index (χ0v) is 20.8. The first-order chi connectivity index (χ1) is 16.6. The Balaban J connectivity index is 1.51. The third kappa shape index (κ3) is 5.68. The Morgan fingerprint density at radius 2 is 2.00 bits per heavy atom. The van der Waals surface area contributed by atoms with Crippen LogP contribution < -0.4 is 15.4 Å². The summed E-state index contributed by atoms with van der Waals surface area (Å²) in [5, 5.41) is 10.4. The molecule has 1 amide bonds. The Morgan fingerprint density at radius 1 is 1.29 bits per heavy atom. The number of hydrogen-bond acceptors (Lipinski definition) is 5. The van der Waals surface area contributed by atoms with E-state index in [1.807, 2.05) is 6.92 Å². The van der Waals surface area contributed by atoms with Crippen LogP contribution in [0, 0.1) is 17.8 Å². The zero-order chi connectivity index (χ0) is 25.3. The van der Waals surface area contributed by atoms with Crippen molar-refractivity contribution >= 4 is 23.3 Å². The minimum Gasteiger partial charge on any atom is -0.496 e. The number of nitrogens with one attached hydrogen (secondary N) is 2. The second kappa shape index (κ2) is 10.2. The summed E-state index contributed by atoms with van der Waals surface area (Å²) in [6.07, 6.45) is 1.80. The Labute approximate surface area is 207 Å². The highest BCUT2D eigenvalue weighted by Gasteiger charge is 2.56. The highest BCUT2D eigenvalue weighted by molar-refractivity contribution is 6.36. The molecule has 2 atom stereocenters. The number of methoxy groups -OCH3 is 1. The molecule has 2 aromatic heterocycles. The fourth-order valence-electron chi connectivity index (χ4n) is 4.69. The predicted molar refractivity (Wildman–Crippen MR) is 128 cm³/mol. The summed E-state index contributed by atoms with van der Waals surface area (Å²) in [5.74, 6) is 0.129. The van der Waals surface area contributed by atoms with E-state index in [1.165, 1.54) is 32.2 Å². The van der Waals surface area contributed by atoms with Gasteiger partial charge in [-0.3, -0.25) is 9.48 Å². The number of rotatable bonds is 8. The number of carbonyl (C=O) groups is 1. The number of alkyl halides is 3. The molecule has 2 heterocycles. The number of pyridine rings is 1. The summed E-state index contributed by atoms with van der Waals surface area (Å²) in [4.78, 5) is 17.2. The summed E-state index contributed by atoms with van der Waals surface area (Å²) in [6, 6.07) is 0.833. The lowest BCUT2D eigenvalue weighted by Gasteiger charge is -2.26. The Kier molecular flexibility index (Phi) is 7.49. The van der Waals surface area contributed by atoms with Crippen LogP contribution in [0.25, 0.3) is 11.3 Å². The minimum absolute atomic E-state index is 0.0159. The van der Waals surface area contributed by atoms with E-state index in [2.05, 4.69) is 27.6 Å². The lowest BCUT2D eigenvalue weighted by molar-refractivity contribution is -0.147. The van der Waals surface area contributed by atoms with E-state index in [0.29, 0.717) is 36.0 Å². The molecule has 0 bridgehead atoms. The number of aromatic nitrogens is 3. The van der Waals surface area contributed by atoms with Crippen molar-refractivity contribution < 1.29 is 22.7 Å². The van der Waals surface area contributed by atoms with Crippen molar-refractivity contribution in [2.24, 2.45) is 17.8 Å². The van der Waals surface area contributed by atoms with Crippen LogP contribution in [0.5, 0.6) is 5.75 Å². The summed E-state index contributed by atoms with van der Waals surface area (Å²) in [7, 11) is 1.46. The van der Waals surface area contributed by atoms with Gasteiger partial charge in [-0.1, -0.05) is 31.4 Å². The highest BCUT2D eigenvalue weighted by Crippen LogP contribution is 2.46. The molecule has 192 valence electrons. The van der Waals surface area contributed by atoms with E-state index >= 15 is 0 Å². The first-order valence-corrected chi connectivity index (χ1v) is 12.4. The van der Waals surface area contributed by atoms with E-state index in [-0.39, 0.29) is 28.9 Å². The van der Waals surface area contributed by atoms with Gasteiger partial charge in [0.1, 0.15) is 11.6 Å². The third-order valence-corrected chi connectivity index (χ3v) is 7.34. The highest BCUT2D eigenvalue weighted by atomic mass is 35.5. The van der Waals surface area contributed by atoms with Crippen molar-refractivity contribution in [3.05, 3.63) is 23.0 Å². The van der Waals surface area contributed by atoms with Crippen LogP contribution in [0.2, 0.25) is 5.02 Å². The average molecular weight is 514 g/mol. The predicted octanol–water partition coefficient (Wildman–Crippen LogP) is 5.55. The number of ether oxygens (including phenoxy) is 1. The van der Waals surface area contributed by atoms with E-state index in [9.17, 15) is 18.0 Å². The number of anilines is 1. The molecule has 2 unspecified atom stereocenters. The molecule has 0 aromatic carbocycles. The van der Waals surface area contributed by atoms with Gasteiger partial charge < -0.3 is 15.4 Å². The quantitative estimate of drug-likeness (QED) is 0.484. The van der Waals surface area contributed by atoms with Gasteiger partial charge in [0, 0.05) is 31.4 Å². The maximum absolute atomic E-state index is 12.9. The number of halogens is 4. The van der Waals surface area contributed by atoms with Gasteiger partial charge in [-0.25, -0.2) is 4.98 Å². The van der Waals surface area contributed by atoms with Gasteiger partial charge >= 0.3 is 6.18 Å². The van der Waals surface area contributed by atoms with Crippen LogP contribution in [0.15, 0.2) is 12.3 Å². The normalized spacial score (nSPS) is 24.2. The summed E-state index contributed by atoms with van der Waals surface area (Å²) < 4.78 is 45.7. The van der Waals surface area contributed by atoms with Crippen LogP contribution in [0.4, 0.5) is 19.0 Å². The van der Waals surface area contributed by atoms with Crippen LogP contribution in [0.1, 0.15) is 56.4 Å². The molecular weight excluding hydrogens is 483 g/mol. The molecule has 0 saturated heterocycles. The molecule has 2 aromatic rings. The Morgan fingerprint density at radius 3 is 2.60 bits per heavy atom. The molecular formula is C24H31ClF3N5O2. The molecule has 4 rings (SSSR count). The van der Waals surface area contributed by atoms with Gasteiger partial charge in [0.15, 0.2) is 5.69 Å². The van der Waals surface area contributed by atoms with Gasteiger partial charge in [0.25, 0.3) is 5.91 Å². The largest absolute Gasteiger partial charge is 0.496 e. The van der Waals surface area contributed by atoms with Gasteiger partial charge in [0.05, 0.1) is 29.3 Å². The smallest absolute Gasteiger partial charge is 0.393 e. The molecule has 2 fully saturated rings. The topological polar surface area (TPSA) is 81.1 Å². The van der Waals surface area contributed by atoms with Crippen LogP contribution >= 0.6 is 11.6 Å². The van der Waals surface area contributed by atoms with E-state index in [0.717, 1.165) is 18.8 Å². The van der Waals surface area contributed by atoms with Gasteiger partial charge in [0.2, 0.25) is 0 Å². The van der Waals surface area contributed by atoms with Gasteiger partial charge in [-0.15, -0.1) is 0 Å². The van der Waals surface area contributed by atoms with E-state index < -0.39 is 18.1 Å². The first kappa shape index (κ1) is 25.6. The minimum atomic E-state index is -4.23. The lowest BCUT2D eigenvalue weighted by Crippen LogP contribution is -2.31. The summed E-state index contributed by atoms with van der Waals surface area (Å²) in [5.41, 5.74) is 1.10. The number of nitrogens with zero attached hydrogens (tertiary/aromatic N) is 3. The first-order valence-electron chi connectivity index (χ1n) is 12.0. The Hall–Kier alpha value is -2.49. The molecule has 35 heavy (non-hydrogen) atoms. The number of hydrogen-bond donors (Lipinski definition) is 2. The number of carbonyl (C=O) groups excluding carboxylic acids is 1. The standard InChI is InChI=1S/C24H31ClF3N5O2/c1-4-33-22(20(25)21(32-33)23(34)30-11-14-7-5-13(2)6-8-14)15-12-29-19(10-18(15)35-3)31-17-9-16(17)24(26,27)28/h10,12-14,16-17H,4-9,11H2,1-3H3,(H,29,31)(H,30,34). The summed E-state index contributed by atoms with van der Waals surface area (Å²) in [6.45, 7) is 5.16. The van der Waals surface area contributed by atoms with Crippen LogP contribution in [-0.4, -0.2) is 46.5 Å². The average Bonchev–Trinajstić information content (AvgIpc) is 3.53. The molecule has 2 aliphatic carbocycles. The van der Waals surface area contributed by atoms with Crippen molar-refractivity contribution in [1.29, 1.82) is 0 Å². The van der Waals surface area contributed by atoms with Gasteiger partial charge in [-0.05, 0) is 38.0 Å². The van der Waals surface area contributed by atoms with Crippen LogP contribution in [-0.2, 0) is 6.54 Å². The number of aryl methyl sites for hydroxylation is 1. The Bertz CT molecular complexity index is 1070. The van der Waals surface area contributed by atoms with E-state index in [1.54, 1.807) is 4.68 Å². The lowest BCUT2D eigenvalue weighted by atomic mass is 9.83. The monoisotopic (exact) mass is 513 g/mol. The maximum Gasteiger partial charge on any atom is 0.393 e. The molecule has 11 heteroatoms. The van der Waals surface area contributed by atoms with Crippen molar-refractivity contribution in [1.82, 2.24) is 20.1 Å². The molecule has 7 nitrogen and oxygen atoms in total. The van der Waals surface area contributed by atoms with E-state index in [4.69, 9.17) is 16.3 Å². The molecule has 2 N–H and O–H groups in total. The van der Waals surface area contributed by atoms with Crippen molar-refractivity contribution in [3.63, 3.8) is 0 Å². The molecule has 0 aliphatic heterocycles. The second-order valence-electron chi connectivity index (χ2n) is 9.57. The SMILES string of the molecule is CCn1nc(C(=O)NCC2CCC(C)CC2)c(Cl)c1-c1cnc(NC2CC2C(F)(F)F)cc1OC. The zero-order valence-electron chi connectivity index (χ0n) is 20.1. The van der Waals surface area contributed by atoms with Crippen LogP contribution in [0.3, 0.4) is 0 Å². The van der Waals surface area contributed by atoms with Crippen molar-refractivity contribution in [2.75, 3.05) is 19.0 Å². The molecule has 2 aliphatic rings. The molecule has 0 radical (unpaired) electrons. The number of amides is 1. The fraction of sp³-hybridized carbons (Fsp3) is 0.625. The van der Waals surface area contributed by atoms with Gasteiger partial charge in [-0.2, -0.15) is 18.3 Å². The maximum atomic E-state index is 12.9. The van der Waals surface area contributed by atoms with Crippen molar-refractivity contribution in [2.45, 2.75) is 64.7 Å². The molecule has 2 saturated carbocycles. The summed E-state index contributed by atoms with van der Waals surface area (Å²) >= 11 is 6.64. The second-order valence-corrected chi connectivity index (χ2v) is 9.95. The fourth-order valence-corrected chi connectivity index (χ4v) is 5.02. The van der Waals surface area contributed by atoms with Crippen molar-refractivity contribution in [3.8, 4) is 17.0 Å². The third-order valence-electron chi connectivity index (χ3n) is 6.98.